The Kier molecular flexibility index (Phi) is 5.94. The zero-order valence-electron chi connectivity index (χ0n) is 17.7. The fourth-order valence-corrected chi connectivity index (χ4v) is 4.88. The fraction of sp³-hybridized carbons (Fsp3) is 0.417. The van der Waals surface area contributed by atoms with E-state index in [2.05, 4.69) is 34.2 Å². The highest BCUT2D eigenvalue weighted by Crippen LogP contribution is 2.28. The van der Waals surface area contributed by atoms with E-state index in [-0.39, 0.29) is 5.91 Å². The van der Waals surface area contributed by atoms with Gasteiger partial charge in [0.25, 0.3) is 0 Å². The fourth-order valence-electron chi connectivity index (χ4n) is 4.71. The van der Waals surface area contributed by atoms with Crippen molar-refractivity contribution in [3.63, 3.8) is 0 Å². The molecule has 0 aliphatic carbocycles. The third kappa shape index (κ3) is 4.61. The molecular weight excluding hydrogens is 410 g/mol. The molecule has 0 radical (unpaired) electrons. The largest absolute Gasteiger partial charge is 0.312 e. The molecule has 2 aliphatic rings. The predicted octanol–water partition coefficient (Wildman–Crippen LogP) is 3.47. The lowest BCUT2D eigenvalue weighted by atomic mass is 10.2. The van der Waals surface area contributed by atoms with Gasteiger partial charge in [-0.15, -0.1) is 0 Å². The normalized spacial score (nSPS) is 17.8. The number of carbonyl (C=O) groups is 1. The molecular formula is C24H28ClN5O. The van der Waals surface area contributed by atoms with Gasteiger partial charge >= 0.3 is 0 Å². The van der Waals surface area contributed by atoms with Crippen molar-refractivity contribution in [3.8, 4) is 0 Å². The lowest BCUT2D eigenvalue weighted by Gasteiger charge is -2.23. The number of imidazole rings is 1. The molecule has 162 valence electrons. The van der Waals surface area contributed by atoms with Gasteiger partial charge in [0.1, 0.15) is 5.65 Å². The Labute approximate surface area is 188 Å². The number of rotatable bonds is 5. The Morgan fingerprint density at radius 1 is 0.968 bits per heavy atom. The number of aromatic nitrogens is 2. The van der Waals surface area contributed by atoms with Crippen LogP contribution in [0.1, 0.15) is 24.1 Å². The van der Waals surface area contributed by atoms with Crippen LogP contribution in [0.2, 0.25) is 5.02 Å². The molecule has 4 heterocycles. The molecule has 2 aromatic heterocycles. The van der Waals surface area contributed by atoms with Crippen molar-refractivity contribution in [1.82, 2.24) is 19.2 Å². The number of amides is 1. The van der Waals surface area contributed by atoms with Crippen LogP contribution in [0.3, 0.4) is 0 Å². The maximum Gasteiger partial charge on any atom is 0.228 e. The summed E-state index contributed by atoms with van der Waals surface area (Å²) in [5, 5.41) is 0.717. The summed E-state index contributed by atoms with van der Waals surface area (Å²) >= 11 is 6.08. The maximum absolute atomic E-state index is 12.8. The second kappa shape index (κ2) is 8.99. The van der Waals surface area contributed by atoms with E-state index in [4.69, 9.17) is 16.6 Å². The summed E-state index contributed by atoms with van der Waals surface area (Å²) in [6.45, 7) is 6.57. The second-order valence-corrected chi connectivity index (χ2v) is 8.93. The third-order valence-corrected chi connectivity index (χ3v) is 6.59. The average Bonchev–Trinajstić information content (AvgIpc) is 3.30. The van der Waals surface area contributed by atoms with Crippen molar-refractivity contribution in [2.75, 3.05) is 44.2 Å². The average molecular weight is 438 g/mol. The third-order valence-electron chi connectivity index (χ3n) is 6.36. The molecule has 0 saturated carbocycles. The van der Waals surface area contributed by atoms with E-state index in [1.165, 1.54) is 5.56 Å². The zero-order chi connectivity index (χ0) is 21.2. The minimum absolute atomic E-state index is 0.245. The van der Waals surface area contributed by atoms with Gasteiger partial charge < -0.3 is 14.2 Å². The molecule has 0 spiro atoms. The number of benzene rings is 1. The van der Waals surface area contributed by atoms with Crippen LogP contribution in [-0.4, -0.2) is 64.4 Å². The number of fused-ring (bicyclic) bond motifs is 2. The highest BCUT2D eigenvalue weighted by molar-refractivity contribution is 6.30. The summed E-state index contributed by atoms with van der Waals surface area (Å²) < 4.78 is 1.99. The minimum Gasteiger partial charge on any atom is -0.312 e. The van der Waals surface area contributed by atoms with Crippen LogP contribution in [0, 0.1) is 0 Å². The number of anilines is 1. The Morgan fingerprint density at radius 3 is 2.74 bits per heavy atom. The quantitative estimate of drug-likeness (QED) is 0.613. The summed E-state index contributed by atoms with van der Waals surface area (Å²) in [4.78, 5) is 24.4. The van der Waals surface area contributed by atoms with Crippen LogP contribution in [0.5, 0.6) is 0 Å². The molecule has 1 saturated heterocycles. The van der Waals surface area contributed by atoms with Gasteiger partial charge in [-0.3, -0.25) is 9.69 Å². The van der Waals surface area contributed by atoms with Gasteiger partial charge in [-0.25, -0.2) is 4.98 Å². The van der Waals surface area contributed by atoms with Crippen LogP contribution < -0.4 is 4.90 Å². The van der Waals surface area contributed by atoms with E-state index in [0.717, 1.165) is 75.7 Å². The van der Waals surface area contributed by atoms with Crippen molar-refractivity contribution in [2.45, 2.75) is 25.8 Å². The van der Waals surface area contributed by atoms with E-state index in [1.807, 2.05) is 33.7 Å². The molecule has 1 amide bonds. The molecule has 0 atom stereocenters. The first kappa shape index (κ1) is 20.5. The van der Waals surface area contributed by atoms with Gasteiger partial charge in [0.05, 0.1) is 10.7 Å². The molecule has 0 bridgehead atoms. The predicted molar refractivity (Wildman–Crippen MR) is 124 cm³/mol. The van der Waals surface area contributed by atoms with Gasteiger partial charge in [-0.05, 0) is 49.7 Å². The highest BCUT2D eigenvalue weighted by atomic mass is 35.5. The SMILES string of the molecule is O=C(CCN1CCCN(Cc2cn3cc(Cl)ccc3n2)CC1)N1CCc2ccccc21. The molecule has 3 aromatic rings. The van der Waals surface area contributed by atoms with Crippen LogP contribution >= 0.6 is 11.6 Å². The van der Waals surface area contributed by atoms with E-state index < -0.39 is 0 Å². The number of para-hydroxylation sites is 1. The first-order valence-electron chi connectivity index (χ1n) is 11.1. The van der Waals surface area contributed by atoms with Crippen molar-refractivity contribution in [1.29, 1.82) is 0 Å². The monoisotopic (exact) mass is 437 g/mol. The number of pyridine rings is 1. The molecule has 7 heteroatoms. The number of nitrogens with zero attached hydrogens (tertiary/aromatic N) is 5. The topological polar surface area (TPSA) is 44.1 Å². The van der Waals surface area contributed by atoms with E-state index >= 15 is 0 Å². The first-order chi connectivity index (χ1) is 15.2. The summed E-state index contributed by atoms with van der Waals surface area (Å²) in [6.07, 6.45) is 6.63. The summed E-state index contributed by atoms with van der Waals surface area (Å²) in [6, 6.07) is 12.1. The lowest BCUT2D eigenvalue weighted by Crippen LogP contribution is -2.35. The highest BCUT2D eigenvalue weighted by Gasteiger charge is 2.24. The Morgan fingerprint density at radius 2 is 1.81 bits per heavy atom. The van der Waals surface area contributed by atoms with E-state index in [0.29, 0.717) is 11.4 Å². The second-order valence-electron chi connectivity index (χ2n) is 8.49. The van der Waals surface area contributed by atoms with Crippen LogP contribution in [0.4, 0.5) is 5.69 Å². The Bertz CT molecular complexity index is 1080. The summed E-state index contributed by atoms with van der Waals surface area (Å²) in [7, 11) is 0. The summed E-state index contributed by atoms with van der Waals surface area (Å²) in [5.74, 6) is 0.245. The number of carbonyl (C=O) groups excluding carboxylic acids is 1. The van der Waals surface area contributed by atoms with Gasteiger partial charge in [0, 0.05) is 57.2 Å². The molecule has 0 N–H and O–H groups in total. The molecule has 6 nitrogen and oxygen atoms in total. The molecule has 1 fully saturated rings. The van der Waals surface area contributed by atoms with Gasteiger partial charge in [0.2, 0.25) is 5.91 Å². The van der Waals surface area contributed by atoms with Crippen molar-refractivity contribution in [3.05, 3.63) is 65.1 Å². The molecule has 0 unspecified atom stereocenters. The Hall–Kier alpha value is -2.41. The van der Waals surface area contributed by atoms with Crippen LogP contribution in [0.25, 0.3) is 5.65 Å². The number of halogens is 1. The molecule has 31 heavy (non-hydrogen) atoms. The smallest absolute Gasteiger partial charge is 0.228 e. The first-order valence-corrected chi connectivity index (χ1v) is 11.5. The minimum atomic E-state index is 0.245. The Balaban J connectivity index is 1.13. The van der Waals surface area contributed by atoms with Crippen LogP contribution in [-0.2, 0) is 17.8 Å². The molecule has 2 aliphatic heterocycles. The van der Waals surface area contributed by atoms with Crippen molar-refractivity contribution >= 4 is 28.8 Å². The zero-order valence-corrected chi connectivity index (χ0v) is 18.5. The molecule has 1 aromatic carbocycles. The van der Waals surface area contributed by atoms with E-state index in [9.17, 15) is 4.79 Å². The van der Waals surface area contributed by atoms with Gasteiger partial charge in [-0.1, -0.05) is 29.8 Å². The van der Waals surface area contributed by atoms with Crippen molar-refractivity contribution < 1.29 is 4.79 Å². The van der Waals surface area contributed by atoms with Crippen molar-refractivity contribution in [2.24, 2.45) is 0 Å². The number of hydrogen-bond acceptors (Lipinski definition) is 4. The maximum atomic E-state index is 12.8. The standard InChI is InChI=1S/C24H28ClN5O/c25-20-6-7-23-26-21(18-29(23)16-20)17-28-11-3-10-27(14-15-28)12-9-24(31)30-13-8-19-4-1-2-5-22(19)30/h1-2,4-7,16,18H,3,8-15,17H2. The molecule has 5 rings (SSSR count). The van der Waals surface area contributed by atoms with Gasteiger partial charge in [-0.2, -0.15) is 0 Å². The summed E-state index contributed by atoms with van der Waals surface area (Å²) in [5.41, 5.74) is 4.38. The lowest BCUT2D eigenvalue weighted by molar-refractivity contribution is -0.118. The van der Waals surface area contributed by atoms with E-state index in [1.54, 1.807) is 0 Å². The van der Waals surface area contributed by atoms with Gasteiger partial charge in [0.15, 0.2) is 0 Å². The van der Waals surface area contributed by atoms with Crippen LogP contribution in [0.15, 0.2) is 48.8 Å². The number of hydrogen-bond donors (Lipinski definition) is 0.